The Morgan fingerprint density at radius 2 is 1.83 bits per heavy atom. The van der Waals surface area contributed by atoms with Crippen molar-refractivity contribution >= 4 is 35.0 Å². The summed E-state index contributed by atoms with van der Waals surface area (Å²) in [5.74, 6) is -1.03. The molecule has 2 amide bonds. The summed E-state index contributed by atoms with van der Waals surface area (Å²) in [5, 5.41) is 3.73. The summed E-state index contributed by atoms with van der Waals surface area (Å²) < 4.78 is 14.1. The first-order chi connectivity index (χ1) is 13.9. The number of amides is 2. The highest BCUT2D eigenvalue weighted by atomic mass is 35.5. The molecule has 0 saturated carbocycles. The van der Waals surface area contributed by atoms with Crippen molar-refractivity contribution in [3.05, 3.63) is 69.5 Å². The van der Waals surface area contributed by atoms with Crippen LogP contribution in [0, 0.1) is 5.82 Å². The Morgan fingerprint density at radius 1 is 1.10 bits per heavy atom. The molecule has 29 heavy (non-hydrogen) atoms. The van der Waals surface area contributed by atoms with Gasteiger partial charge in [-0.1, -0.05) is 61.3 Å². The minimum absolute atomic E-state index is 0.126. The number of hydrogen-bond acceptors (Lipinski definition) is 2. The van der Waals surface area contributed by atoms with Crippen molar-refractivity contribution in [3.63, 3.8) is 0 Å². The van der Waals surface area contributed by atoms with Gasteiger partial charge in [0.15, 0.2) is 0 Å². The molecule has 7 heteroatoms. The van der Waals surface area contributed by atoms with E-state index in [0.717, 1.165) is 6.42 Å². The van der Waals surface area contributed by atoms with E-state index < -0.39 is 11.9 Å². The average Bonchev–Trinajstić information content (AvgIpc) is 2.69. The SMILES string of the molecule is CCCNC(=O)[C@H](CC)N(Cc1ccc(Cl)cc1Cl)C(=O)Cc1ccccc1F. The number of carbonyl (C=O) groups excluding carboxylic acids is 2. The number of nitrogens with zero attached hydrogens (tertiary/aromatic N) is 1. The van der Waals surface area contributed by atoms with Crippen molar-refractivity contribution in [2.45, 2.75) is 45.7 Å². The highest BCUT2D eigenvalue weighted by Gasteiger charge is 2.29. The van der Waals surface area contributed by atoms with Gasteiger partial charge in [-0.15, -0.1) is 0 Å². The molecule has 4 nitrogen and oxygen atoms in total. The van der Waals surface area contributed by atoms with Gasteiger partial charge in [-0.05, 0) is 42.2 Å². The third kappa shape index (κ3) is 6.44. The first-order valence-corrected chi connectivity index (χ1v) is 10.4. The molecule has 2 rings (SSSR count). The van der Waals surface area contributed by atoms with E-state index in [9.17, 15) is 14.0 Å². The van der Waals surface area contributed by atoms with Crippen molar-refractivity contribution in [1.29, 1.82) is 0 Å². The Labute approximate surface area is 181 Å². The van der Waals surface area contributed by atoms with E-state index in [1.165, 1.54) is 11.0 Å². The second-order valence-corrected chi connectivity index (χ2v) is 7.58. The standard InChI is InChI=1S/C22H25Cl2FN2O2/c1-3-11-26-22(29)20(4-2)27(14-16-9-10-17(23)13-18(16)24)21(28)12-15-7-5-6-8-19(15)25/h5-10,13,20H,3-4,11-12,14H2,1-2H3,(H,26,29)/t20-/m0/s1. The molecule has 1 N–H and O–H groups in total. The van der Waals surface area contributed by atoms with Crippen molar-refractivity contribution in [2.24, 2.45) is 0 Å². The number of carbonyl (C=O) groups is 2. The molecular formula is C22H25Cl2FN2O2. The summed E-state index contributed by atoms with van der Waals surface area (Å²) in [7, 11) is 0. The zero-order valence-corrected chi connectivity index (χ0v) is 18.1. The lowest BCUT2D eigenvalue weighted by Crippen LogP contribution is -2.49. The van der Waals surface area contributed by atoms with Crippen LogP contribution in [0.1, 0.15) is 37.8 Å². The number of halogens is 3. The van der Waals surface area contributed by atoms with E-state index in [1.807, 2.05) is 13.8 Å². The number of nitrogens with one attached hydrogen (secondary N) is 1. The Balaban J connectivity index is 2.33. The average molecular weight is 439 g/mol. The van der Waals surface area contributed by atoms with Gasteiger partial charge in [0.05, 0.1) is 6.42 Å². The number of rotatable bonds is 9. The van der Waals surface area contributed by atoms with Crippen LogP contribution in [0.2, 0.25) is 10.0 Å². The van der Waals surface area contributed by atoms with E-state index in [2.05, 4.69) is 5.32 Å². The lowest BCUT2D eigenvalue weighted by Gasteiger charge is -2.31. The third-order valence-corrected chi connectivity index (χ3v) is 5.18. The normalized spacial score (nSPS) is 11.8. The highest BCUT2D eigenvalue weighted by molar-refractivity contribution is 6.35. The van der Waals surface area contributed by atoms with E-state index >= 15 is 0 Å². The Morgan fingerprint density at radius 3 is 2.45 bits per heavy atom. The van der Waals surface area contributed by atoms with E-state index in [1.54, 1.807) is 36.4 Å². The summed E-state index contributed by atoms with van der Waals surface area (Å²) in [6.45, 7) is 4.44. The predicted molar refractivity (Wildman–Crippen MR) is 114 cm³/mol. The summed E-state index contributed by atoms with van der Waals surface area (Å²) in [5.41, 5.74) is 0.952. The van der Waals surface area contributed by atoms with Gasteiger partial charge in [0.2, 0.25) is 11.8 Å². The summed E-state index contributed by atoms with van der Waals surface area (Å²) in [4.78, 5) is 27.3. The minimum Gasteiger partial charge on any atom is -0.354 e. The first kappa shape index (κ1) is 23.2. The fourth-order valence-electron chi connectivity index (χ4n) is 3.03. The van der Waals surface area contributed by atoms with Gasteiger partial charge in [-0.25, -0.2) is 4.39 Å². The Bertz CT molecular complexity index is 860. The topological polar surface area (TPSA) is 49.4 Å². The molecule has 0 aromatic heterocycles. The molecule has 0 saturated heterocycles. The molecule has 0 heterocycles. The lowest BCUT2D eigenvalue weighted by atomic mass is 10.1. The second kappa shape index (κ2) is 11.2. The molecule has 1 atom stereocenters. The molecule has 0 radical (unpaired) electrons. The summed E-state index contributed by atoms with van der Waals surface area (Å²) in [6, 6.07) is 10.4. The van der Waals surface area contributed by atoms with E-state index in [4.69, 9.17) is 23.2 Å². The molecule has 0 fully saturated rings. The van der Waals surface area contributed by atoms with Gasteiger partial charge >= 0.3 is 0 Å². The maximum Gasteiger partial charge on any atom is 0.242 e. The van der Waals surface area contributed by atoms with Crippen LogP contribution in [-0.4, -0.2) is 29.3 Å². The summed E-state index contributed by atoms with van der Waals surface area (Å²) in [6.07, 6.45) is 1.06. The van der Waals surface area contributed by atoms with Gasteiger partial charge in [0, 0.05) is 23.1 Å². The quantitative estimate of drug-likeness (QED) is 0.597. The van der Waals surface area contributed by atoms with E-state index in [-0.39, 0.29) is 30.3 Å². The van der Waals surface area contributed by atoms with Crippen molar-refractivity contribution in [3.8, 4) is 0 Å². The second-order valence-electron chi connectivity index (χ2n) is 6.74. The molecule has 2 aromatic carbocycles. The molecule has 2 aromatic rings. The lowest BCUT2D eigenvalue weighted by molar-refractivity contribution is -0.141. The van der Waals surface area contributed by atoms with Crippen molar-refractivity contribution in [2.75, 3.05) is 6.54 Å². The molecular weight excluding hydrogens is 414 g/mol. The van der Waals surface area contributed by atoms with Crippen LogP contribution < -0.4 is 5.32 Å². The Hall–Kier alpha value is -2.11. The number of hydrogen-bond donors (Lipinski definition) is 1. The summed E-state index contributed by atoms with van der Waals surface area (Å²) >= 11 is 12.3. The monoisotopic (exact) mass is 438 g/mol. The molecule has 0 unspecified atom stereocenters. The molecule has 0 spiro atoms. The smallest absolute Gasteiger partial charge is 0.242 e. The fourth-order valence-corrected chi connectivity index (χ4v) is 3.49. The Kier molecular flexibility index (Phi) is 8.93. The van der Waals surface area contributed by atoms with Crippen LogP contribution in [0.3, 0.4) is 0 Å². The van der Waals surface area contributed by atoms with Crippen molar-refractivity contribution < 1.29 is 14.0 Å². The maximum absolute atomic E-state index is 14.1. The molecule has 0 bridgehead atoms. The van der Waals surface area contributed by atoms with Crippen LogP contribution >= 0.6 is 23.2 Å². The molecule has 0 aliphatic heterocycles. The van der Waals surface area contributed by atoms with Gasteiger partial charge < -0.3 is 10.2 Å². The molecule has 0 aliphatic carbocycles. The largest absolute Gasteiger partial charge is 0.354 e. The number of benzene rings is 2. The van der Waals surface area contributed by atoms with Crippen LogP contribution in [-0.2, 0) is 22.6 Å². The van der Waals surface area contributed by atoms with Gasteiger partial charge in [0.25, 0.3) is 0 Å². The molecule has 156 valence electrons. The van der Waals surface area contributed by atoms with Crippen LogP contribution in [0.25, 0.3) is 0 Å². The third-order valence-electron chi connectivity index (χ3n) is 4.59. The first-order valence-electron chi connectivity index (χ1n) is 9.61. The minimum atomic E-state index is -0.687. The zero-order chi connectivity index (χ0) is 21.4. The van der Waals surface area contributed by atoms with Gasteiger partial charge in [0.1, 0.15) is 11.9 Å². The zero-order valence-electron chi connectivity index (χ0n) is 16.6. The predicted octanol–water partition coefficient (Wildman–Crippen LogP) is 5.01. The van der Waals surface area contributed by atoms with Gasteiger partial charge in [-0.2, -0.15) is 0 Å². The van der Waals surface area contributed by atoms with Gasteiger partial charge in [-0.3, -0.25) is 9.59 Å². The maximum atomic E-state index is 14.1. The van der Waals surface area contributed by atoms with Crippen LogP contribution in [0.4, 0.5) is 4.39 Å². The highest BCUT2D eigenvalue weighted by Crippen LogP contribution is 2.24. The van der Waals surface area contributed by atoms with Crippen LogP contribution in [0.15, 0.2) is 42.5 Å². The van der Waals surface area contributed by atoms with Crippen LogP contribution in [0.5, 0.6) is 0 Å². The molecule has 0 aliphatic rings. The fraction of sp³-hybridized carbons (Fsp3) is 0.364. The van der Waals surface area contributed by atoms with E-state index in [0.29, 0.717) is 28.6 Å². The van der Waals surface area contributed by atoms with Crippen molar-refractivity contribution in [1.82, 2.24) is 10.2 Å².